The molecule has 0 aliphatic carbocycles. The van der Waals surface area contributed by atoms with E-state index in [-0.39, 0.29) is 41.4 Å². The maximum absolute atomic E-state index is 12.9. The van der Waals surface area contributed by atoms with Crippen molar-refractivity contribution in [3.63, 3.8) is 0 Å². The largest absolute Gasteiger partial charge is 0.507 e. The number of rotatable bonds is 7. The molecule has 1 amide bonds. The summed E-state index contributed by atoms with van der Waals surface area (Å²) in [5, 5.41) is 20.9. The van der Waals surface area contributed by atoms with Crippen LogP contribution in [-0.4, -0.2) is 53.2 Å². The Morgan fingerprint density at radius 3 is 2.58 bits per heavy atom. The molecule has 7 nitrogen and oxygen atoms in total. The van der Waals surface area contributed by atoms with Crippen LogP contribution in [0.15, 0.2) is 48.0 Å². The number of carbonyl (C=O) groups is 2. The number of aromatic hydroxyl groups is 1. The van der Waals surface area contributed by atoms with E-state index in [1.165, 1.54) is 24.1 Å². The number of hydrogen-bond donors (Lipinski definition) is 2. The minimum atomic E-state index is -0.886. The second-order valence-electron chi connectivity index (χ2n) is 7.39. The molecule has 8 heteroatoms. The molecule has 0 radical (unpaired) electrons. The van der Waals surface area contributed by atoms with Gasteiger partial charge in [-0.15, -0.1) is 0 Å². The highest BCUT2D eigenvalue weighted by molar-refractivity contribution is 6.46. The van der Waals surface area contributed by atoms with Crippen molar-refractivity contribution in [2.45, 2.75) is 26.0 Å². The van der Waals surface area contributed by atoms with Crippen molar-refractivity contribution in [3.8, 4) is 11.5 Å². The van der Waals surface area contributed by atoms with Crippen molar-refractivity contribution in [1.82, 2.24) is 4.90 Å². The summed E-state index contributed by atoms with van der Waals surface area (Å²) in [7, 11) is 1.49. The van der Waals surface area contributed by atoms with Crippen LogP contribution < -0.4 is 4.74 Å². The maximum atomic E-state index is 12.9. The van der Waals surface area contributed by atoms with E-state index >= 15 is 0 Å². The van der Waals surface area contributed by atoms with Gasteiger partial charge in [0, 0.05) is 19.2 Å². The molecule has 0 spiro atoms. The normalized spacial score (nSPS) is 18.1. The van der Waals surface area contributed by atoms with Gasteiger partial charge in [-0.25, -0.2) is 0 Å². The summed E-state index contributed by atoms with van der Waals surface area (Å²) in [6, 6.07) is 10.2. The number of benzene rings is 2. The molecule has 164 valence electrons. The minimum Gasteiger partial charge on any atom is -0.507 e. The molecule has 2 N–H and O–H groups in total. The number of Topliss-reactive ketones (excluding diaryl/α,β-unsaturated/α-hetero) is 1. The Labute approximate surface area is 185 Å². The molecule has 1 aliphatic heterocycles. The van der Waals surface area contributed by atoms with E-state index in [1.807, 2.05) is 13.8 Å². The van der Waals surface area contributed by atoms with Gasteiger partial charge in [-0.05, 0) is 43.7 Å². The maximum Gasteiger partial charge on any atom is 0.295 e. The van der Waals surface area contributed by atoms with Crippen LogP contribution in [0.3, 0.4) is 0 Å². The summed E-state index contributed by atoms with van der Waals surface area (Å²) in [6.45, 7) is 4.09. The van der Waals surface area contributed by atoms with Gasteiger partial charge < -0.3 is 24.6 Å². The molecule has 0 bridgehead atoms. The Balaban J connectivity index is 2.15. The molecule has 1 atom stereocenters. The number of phenols is 1. The van der Waals surface area contributed by atoms with Crippen molar-refractivity contribution in [2.24, 2.45) is 0 Å². The van der Waals surface area contributed by atoms with Gasteiger partial charge in [-0.3, -0.25) is 9.59 Å². The smallest absolute Gasteiger partial charge is 0.295 e. The zero-order chi connectivity index (χ0) is 22.7. The van der Waals surface area contributed by atoms with Crippen molar-refractivity contribution in [1.29, 1.82) is 0 Å². The summed E-state index contributed by atoms with van der Waals surface area (Å²) >= 11 is 6.07. The predicted molar refractivity (Wildman–Crippen MR) is 116 cm³/mol. The lowest BCUT2D eigenvalue weighted by Gasteiger charge is -2.25. The molecule has 1 heterocycles. The quantitative estimate of drug-likeness (QED) is 0.381. The molecule has 3 rings (SSSR count). The van der Waals surface area contributed by atoms with Crippen LogP contribution in [0, 0.1) is 0 Å². The number of hydrogen-bond acceptors (Lipinski definition) is 6. The average Bonchev–Trinajstić information content (AvgIpc) is 2.98. The fraction of sp³-hybridized carbons (Fsp3) is 0.304. The second-order valence-corrected chi connectivity index (χ2v) is 7.80. The lowest BCUT2D eigenvalue weighted by atomic mass is 9.95. The molecule has 0 aromatic heterocycles. The molecular weight excluding hydrogens is 422 g/mol. The van der Waals surface area contributed by atoms with Crippen LogP contribution in [0.25, 0.3) is 5.76 Å². The Bertz CT molecular complexity index is 1030. The molecule has 31 heavy (non-hydrogen) atoms. The zero-order valence-corrected chi connectivity index (χ0v) is 18.2. The number of aliphatic hydroxyl groups excluding tert-OH is 1. The van der Waals surface area contributed by atoms with Gasteiger partial charge in [0.05, 0.1) is 29.3 Å². The third-order valence-electron chi connectivity index (χ3n) is 4.84. The van der Waals surface area contributed by atoms with E-state index in [0.717, 1.165) is 0 Å². The zero-order valence-electron chi connectivity index (χ0n) is 17.5. The highest BCUT2D eigenvalue weighted by Crippen LogP contribution is 2.41. The number of carbonyl (C=O) groups excluding carboxylic acids is 2. The van der Waals surface area contributed by atoms with Crippen molar-refractivity contribution in [2.75, 3.05) is 20.3 Å². The van der Waals surface area contributed by atoms with Crippen LogP contribution in [-0.2, 0) is 14.3 Å². The van der Waals surface area contributed by atoms with Crippen LogP contribution in [0.5, 0.6) is 11.5 Å². The molecule has 2 aromatic carbocycles. The molecule has 1 fully saturated rings. The predicted octanol–water partition coefficient (Wildman–Crippen LogP) is 3.90. The standard InChI is InChI=1S/C23H24ClNO6/c1-13(2)31-16-6-4-5-15(11-16)21(27)19-20(14-7-8-18(26)17(24)12-14)25(9-10-30-3)23(29)22(19)28/h4-8,11-13,20,26-27H,9-10H2,1-3H3/b21-19-. The Morgan fingerprint density at radius 1 is 1.19 bits per heavy atom. The van der Waals surface area contributed by atoms with E-state index in [1.54, 1.807) is 30.3 Å². The number of ether oxygens (including phenoxy) is 2. The van der Waals surface area contributed by atoms with Gasteiger partial charge in [-0.2, -0.15) is 0 Å². The number of ketones is 1. The number of halogens is 1. The lowest BCUT2D eigenvalue weighted by Crippen LogP contribution is -2.32. The topological polar surface area (TPSA) is 96.3 Å². The number of phenolic OH excluding ortho intramolecular Hbond substituents is 1. The number of likely N-dealkylation sites (tertiary alicyclic amines) is 1. The van der Waals surface area contributed by atoms with Gasteiger partial charge in [0.25, 0.3) is 11.7 Å². The van der Waals surface area contributed by atoms with Crippen LogP contribution in [0.4, 0.5) is 0 Å². The first-order valence-electron chi connectivity index (χ1n) is 9.77. The molecular formula is C23H24ClNO6. The van der Waals surface area contributed by atoms with E-state index in [2.05, 4.69) is 0 Å². The number of methoxy groups -OCH3 is 1. The average molecular weight is 446 g/mol. The minimum absolute atomic E-state index is 0.0652. The van der Waals surface area contributed by atoms with Gasteiger partial charge in [0.2, 0.25) is 0 Å². The third-order valence-corrected chi connectivity index (χ3v) is 5.15. The molecule has 2 aromatic rings. The highest BCUT2D eigenvalue weighted by atomic mass is 35.5. The summed E-state index contributed by atoms with van der Waals surface area (Å²) in [6.07, 6.45) is -0.0730. The van der Waals surface area contributed by atoms with Crippen molar-refractivity contribution >= 4 is 29.1 Å². The van der Waals surface area contributed by atoms with E-state index < -0.39 is 17.7 Å². The first-order valence-corrected chi connectivity index (χ1v) is 10.1. The summed E-state index contributed by atoms with van der Waals surface area (Å²) in [4.78, 5) is 27.0. The first kappa shape index (κ1) is 22.7. The van der Waals surface area contributed by atoms with Crippen LogP contribution in [0.1, 0.15) is 31.0 Å². The Hall–Kier alpha value is -3.03. The van der Waals surface area contributed by atoms with E-state index in [9.17, 15) is 19.8 Å². The van der Waals surface area contributed by atoms with Crippen molar-refractivity contribution < 1.29 is 29.3 Å². The fourth-order valence-electron chi connectivity index (χ4n) is 3.48. The Morgan fingerprint density at radius 2 is 1.94 bits per heavy atom. The van der Waals surface area contributed by atoms with Gasteiger partial charge in [0.15, 0.2) is 0 Å². The highest BCUT2D eigenvalue weighted by Gasteiger charge is 2.46. The van der Waals surface area contributed by atoms with Gasteiger partial charge in [-0.1, -0.05) is 29.8 Å². The van der Waals surface area contributed by atoms with Crippen LogP contribution in [0.2, 0.25) is 5.02 Å². The van der Waals surface area contributed by atoms with E-state index in [0.29, 0.717) is 16.9 Å². The number of aliphatic hydroxyl groups is 1. The second kappa shape index (κ2) is 9.41. The summed E-state index contributed by atoms with van der Waals surface area (Å²) < 4.78 is 10.8. The van der Waals surface area contributed by atoms with Gasteiger partial charge in [0.1, 0.15) is 17.3 Å². The summed E-state index contributed by atoms with van der Waals surface area (Å²) in [5.41, 5.74) is 0.761. The molecule has 1 unspecified atom stereocenters. The fourth-order valence-corrected chi connectivity index (χ4v) is 3.67. The number of nitrogens with zero attached hydrogens (tertiary/aromatic N) is 1. The lowest BCUT2D eigenvalue weighted by molar-refractivity contribution is -0.140. The molecule has 0 saturated carbocycles. The Kier molecular flexibility index (Phi) is 6.87. The van der Waals surface area contributed by atoms with Crippen LogP contribution >= 0.6 is 11.6 Å². The SMILES string of the molecule is COCCN1C(=O)C(=O)/C(=C(\O)c2cccc(OC(C)C)c2)C1c1ccc(O)c(Cl)c1. The van der Waals surface area contributed by atoms with E-state index in [4.69, 9.17) is 21.1 Å². The summed E-state index contributed by atoms with van der Waals surface area (Å²) in [5.74, 6) is -1.48. The van der Waals surface area contributed by atoms with Crippen molar-refractivity contribution in [3.05, 3.63) is 64.2 Å². The number of amides is 1. The third kappa shape index (κ3) is 4.68. The first-order chi connectivity index (χ1) is 14.7. The monoisotopic (exact) mass is 445 g/mol. The van der Waals surface area contributed by atoms with Gasteiger partial charge >= 0.3 is 0 Å². The molecule has 1 aliphatic rings. The molecule has 1 saturated heterocycles.